The molecule has 1 fully saturated rings. The predicted molar refractivity (Wildman–Crippen MR) is 46.3 cm³/mol. The molecule has 0 spiro atoms. The maximum absolute atomic E-state index is 10.5. The first kappa shape index (κ1) is 9.32. The summed E-state index contributed by atoms with van der Waals surface area (Å²) < 4.78 is 0. The van der Waals surface area contributed by atoms with E-state index in [4.69, 9.17) is 5.11 Å². The van der Waals surface area contributed by atoms with Gasteiger partial charge in [-0.3, -0.25) is 0 Å². The Hall–Kier alpha value is -0.770. The van der Waals surface area contributed by atoms with Crippen molar-refractivity contribution in [3.8, 4) is 0 Å². The molecule has 0 aromatic rings. The molecule has 0 aliphatic carbocycles. The third kappa shape index (κ3) is 2.37. The number of nitrogens with zero attached hydrogens (tertiary/aromatic N) is 1. The molecule has 70 valence electrons. The Morgan fingerprint density at radius 1 is 1.67 bits per heavy atom. The van der Waals surface area contributed by atoms with E-state index in [1.807, 2.05) is 0 Å². The third-order valence-corrected chi connectivity index (χ3v) is 2.03. The molecule has 0 aromatic heterocycles. The highest BCUT2D eigenvalue weighted by Crippen LogP contribution is 2.09. The summed E-state index contributed by atoms with van der Waals surface area (Å²) in [4.78, 5) is 12.0. The molecule has 1 aliphatic rings. The maximum atomic E-state index is 10.5. The first-order chi connectivity index (χ1) is 5.59. The van der Waals surface area contributed by atoms with Gasteiger partial charge < -0.3 is 15.3 Å². The van der Waals surface area contributed by atoms with Gasteiger partial charge in [-0.25, -0.2) is 4.79 Å². The van der Waals surface area contributed by atoms with Crippen molar-refractivity contribution < 1.29 is 9.90 Å². The lowest BCUT2D eigenvalue weighted by Gasteiger charge is -2.15. The second-order valence-corrected chi connectivity index (χ2v) is 3.54. The quantitative estimate of drug-likeness (QED) is 0.646. The molecular weight excluding hydrogens is 156 g/mol. The van der Waals surface area contributed by atoms with Crippen LogP contribution in [0.3, 0.4) is 0 Å². The number of carbonyl (C=O) groups is 1. The molecule has 1 rings (SSSR count). The molecule has 0 saturated carbocycles. The highest BCUT2D eigenvalue weighted by Gasteiger charge is 2.25. The van der Waals surface area contributed by atoms with Crippen LogP contribution in [0.5, 0.6) is 0 Å². The molecule has 12 heavy (non-hydrogen) atoms. The van der Waals surface area contributed by atoms with Crippen molar-refractivity contribution in [3.05, 3.63) is 0 Å². The summed E-state index contributed by atoms with van der Waals surface area (Å²) in [6.45, 7) is 5.44. The van der Waals surface area contributed by atoms with E-state index in [-0.39, 0.29) is 0 Å². The number of hydrogen-bond donors (Lipinski definition) is 2. The summed E-state index contributed by atoms with van der Waals surface area (Å²) >= 11 is 0. The maximum Gasteiger partial charge on any atom is 0.407 e. The van der Waals surface area contributed by atoms with Gasteiger partial charge in [0.15, 0.2) is 0 Å². The summed E-state index contributed by atoms with van der Waals surface area (Å²) in [5.74, 6) is 0. The van der Waals surface area contributed by atoms with Crippen LogP contribution in [0.25, 0.3) is 0 Å². The lowest BCUT2D eigenvalue weighted by Crippen LogP contribution is -2.38. The Balaban J connectivity index is 2.30. The van der Waals surface area contributed by atoms with Gasteiger partial charge in [0.25, 0.3) is 0 Å². The van der Waals surface area contributed by atoms with E-state index in [0.29, 0.717) is 25.2 Å². The van der Waals surface area contributed by atoms with E-state index < -0.39 is 6.09 Å². The Kier molecular flexibility index (Phi) is 2.92. The fourth-order valence-corrected chi connectivity index (χ4v) is 1.54. The highest BCUT2D eigenvalue weighted by atomic mass is 16.4. The number of carboxylic acid groups (broad SMARTS) is 1. The molecule has 0 unspecified atom stereocenters. The fraction of sp³-hybridized carbons (Fsp3) is 0.875. The summed E-state index contributed by atoms with van der Waals surface area (Å²) in [5, 5.41) is 12.0. The lowest BCUT2D eigenvalue weighted by atomic mass is 10.2. The Bertz CT molecular complexity index is 170. The minimum Gasteiger partial charge on any atom is -0.465 e. The molecule has 4 heteroatoms. The Morgan fingerprint density at radius 3 is 2.75 bits per heavy atom. The SMILES string of the molecule is CC(C)N[C@@H]1CCN(C(=O)O)C1. The Morgan fingerprint density at radius 2 is 2.33 bits per heavy atom. The van der Waals surface area contributed by atoms with Crippen molar-refractivity contribution in [2.75, 3.05) is 13.1 Å². The number of rotatable bonds is 2. The lowest BCUT2D eigenvalue weighted by molar-refractivity contribution is 0.154. The van der Waals surface area contributed by atoms with Crippen LogP contribution in [-0.4, -0.2) is 41.3 Å². The van der Waals surface area contributed by atoms with Gasteiger partial charge in [0, 0.05) is 25.2 Å². The largest absolute Gasteiger partial charge is 0.465 e. The summed E-state index contributed by atoms with van der Waals surface area (Å²) in [6.07, 6.45) is 0.132. The van der Waals surface area contributed by atoms with Crippen LogP contribution in [-0.2, 0) is 0 Å². The normalized spacial score (nSPS) is 23.6. The van der Waals surface area contributed by atoms with Gasteiger partial charge in [-0.2, -0.15) is 0 Å². The van der Waals surface area contributed by atoms with Crippen molar-refractivity contribution >= 4 is 6.09 Å². The molecular formula is C8H16N2O2. The minimum absolute atomic E-state index is 0.348. The van der Waals surface area contributed by atoms with Gasteiger partial charge >= 0.3 is 6.09 Å². The zero-order valence-corrected chi connectivity index (χ0v) is 7.58. The number of likely N-dealkylation sites (tertiary alicyclic amines) is 1. The van der Waals surface area contributed by atoms with Crippen molar-refractivity contribution in [1.29, 1.82) is 0 Å². The van der Waals surface area contributed by atoms with Crippen LogP contribution < -0.4 is 5.32 Å². The van der Waals surface area contributed by atoms with Gasteiger partial charge in [-0.1, -0.05) is 13.8 Å². The second-order valence-electron chi connectivity index (χ2n) is 3.54. The van der Waals surface area contributed by atoms with E-state index >= 15 is 0 Å². The van der Waals surface area contributed by atoms with Crippen LogP contribution >= 0.6 is 0 Å². The van der Waals surface area contributed by atoms with Crippen molar-refractivity contribution in [3.63, 3.8) is 0 Å². The molecule has 0 aromatic carbocycles. The second kappa shape index (κ2) is 3.76. The van der Waals surface area contributed by atoms with E-state index in [1.165, 1.54) is 4.90 Å². The Labute approximate surface area is 72.6 Å². The predicted octanol–water partition coefficient (Wildman–Crippen LogP) is 0.737. The van der Waals surface area contributed by atoms with Gasteiger partial charge in [-0.15, -0.1) is 0 Å². The average molecular weight is 172 g/mol. The van der Waals surface area contributed by atoms with Gasteiger partial charge in [0.2, 0.25) is 0 Å². The average Bonchev–Trinajstić information content (AvgIpc) is 2.34. The monoisotopic (exact) mass is 172 g/mol. The molecule has 0 bridgehead atoms. The van der Waals surface area contributed by atoms with Crippen LogP contribution in [0, 0.1) is 0 Å². The smallest absolute Gasteiger partial charge is 0.407 e. The van der Waals surface area contributed by atoms with Crippen molar-refractivity contribution in [1.82, 2.24) is 10.2 Å². The molecule has 4 nitrogen and oxygen atoms in total. The van der Waals surface area contributed by atoms with Crippen LogP contribution in [0.1, 0.15) is 20.3 Å². The molecule has 2 N–H and O–H groups in total. The zero-order chi connectivity index (χ0) is 9.14. The molecule has 0 radical (unpaired) electrons. The topological polar surface area (TPSA) is 52.6 Å². The standard InChI is InChI=1S/C8H16N2O2/c1-6(2)9-7-3-4-10(5-7)8(11)12/h6-7,9H,3-5H2,1-2H3,(H,11,12)/t7-/m1/s1. The van der Waals surface area contributed by atoms with E-state index in [2.05, 4.69) is 19.2 Å². The summed E-state index contributed by atoms with van der Waals surface area (Å²) in [5.41, 5.74) is 0. The summed E-state index contributed by atoms with van der Waals surface area (Å²) in [6, 6.07) is 0.782. The fourth-order valence-electron chi connectivity index (χ4n) is 1.54. The molecule has 1 amide bonds. The number of amides is 1. The van der Waals surface area contributed by atoms with E-state index in [0.717, 1.165) is 6.42 Å². The van der Waals surface area contributed by atoms with E-state index in [9.17, 15) is 4.79 Å². The zero-order valence-electron chi connectivity index (χ0n) is 7.58. The van der Waals surface area contributed by atoms with Gasteiger partial charge in [0.1, 0.15) is 0 Å². The molecule has 1 heterocycles. The first-order valence-electron chi connectivity index (χ1n) is 4.33. The minimum atomic E-state index is -0.803. The molecule has 1 saturated heterocycles. The van der Waals surface area contributed by atoms with Crippen LogP contribution in [0.2, 0.25) is 0 Å². The van der Waals surface area contributed by atoms with Crippen LogP contribution in [0.15, 0.2) is 0 Å². The first-order valence-corrected chi connectivity index (χ1v) is 4.33. The molecule has 1 aliphatic heterocycles. The molecule has 1 atom stereocenters. The van der Waals surface area contributed by atoms with Crippen molar-refractivity contribution in [2.24, 2.45) is 0 Å². The highest BCUT2D eigenvalue weighted by molar-refractivity contribution is 5.65. The summed E-state index contributed by atoms with van der Waals surface area (Å²) in [7, 11) is 0. The van der Waals surface area contributed by atoms with E-state index in [1.54, 1.807) is 0 Å². The third-order valence-electron chi connectivity index (χ3n) is 2.03. The van der Waals surface area contributed by atoms with Crippen molar-refractivity contribution in [2.45, 2.75) is 32.4 Å². The van der Waals surface area contributed by atoms with Crippen LogP contribution in [0.4, 0.5) is 4.79 Å². The van der Waals surface area contributed by atoms with Gasteiger partial charge in [0.05, 0.1) is 0 Å². The number of nitrogens with one attached hydrogen (secondary N) is 1. The van der Waals surface area contributed by atoms with Gasteiger partial charge in [-0.05, 0) is 6.42 Å². The number of hydrogen-bond acceptors (Lipinski definition) is 2.